The Labute approximate surface area is 135 Å². The van der Waals surface area contributed by atoms with Gasteiger partial charge in [-0.3, -0.25) is 0 Å². The zero-order valence-electron chi connectivity index (χ0n) is 12.6. The lowest BCUT2D eigenvalue weighted by Crippen LogP contribution is -1.99. The van der Waals surface area contributed by atoms with Crippen molar-refractivity contribution < 1.29 is 9.90 Å². The van der Waals surface area contributed by atoms with E-state index in [0.717, 1.165) is 22.3 Å². The lowest BCUT2D eigenvalue weighted by Gasteiger charge is -2.12. The third-order valence-electron chi connectivity index (χ3n) is 3.82. The first-order valence-electron chi connectivity index (χ1n) is 7.35. The summed E-state index contributed by atoms with van der Waals surface area (Å²) in [6.07, 6.45) is 1.58. The molecule has 0 amide bonds. The van der Waals surface area contributed by atoms with E-state index in [0.29, 0.717) is 5.56 Å². The molecule has 112 valence electrons. The molecule has 3 rings (SSSR count). The highest BCUT2D eigenvalue weighted by Crippen LogP contribution is 2.33. The minimum atomic E-state index is -0.942. The zero-order valence-corrected chi connectivity index (χ0v) is 12.6. The molecule has 1 N–H and O–H groups in total. The molecular weight excluding hydrogens is 284 g/mol. The summed E-state index contributed by atoms with van der Waals surface area (Å²) in [6, 6.07) is 23.6. The number of carbonyl (C=O) groups is 1. The quantitative estimate of drug-likeness (QED) is 0.704. The summed E-state index contributed by atoms with van der Waals surface area (Å²) in [4.78, 5) is 11.3. The highest BCUT2D eigenvalue weighted by molar-refractivity contribution is 5.94. The lowest BCUT2D eigenvalue weighted by molar-refractivity contribution is 0.0696. The molecule has 0 saturated carbocycles. The van der Waals surface area contributed by atoms with Crippen molar-refractivity contribution in [2.24, 2.45) is 0 Å². The van der Waals surface area contributed by atoms with Crippen molar-refractivity contribution in [3.63, 3.8) is 0 Å². The highest BCUT2D eigenvalue weighted by atomic mass is 16.4. The molecule has 2 nitrogen and oxygen atoms in total. The van der Waals surface area contributed by atoms with Crippen LogP contribution in [0.5, 0.6) is 0 Å². The average molecular weight is 300 g/mol. The van der Waals surface area contributed by atoms with Gasteiger partial charge in [-0.05, 0) is 39.9 Å². The molecule has 3 aromatic rings. The second-order valence-corrected chi connectivity index (χ2v) is 5.22. The number of hydrogen-bond donors (Lipinski definition) is 1. The second-order valence-electron chi connectivity index (χ2n) is 5.22. The van der Waals surface area contributed by atoms with E-state index in [1.807, 2.05) is 48.5 Å². The third-order valence-corrected chi connectivity index (χ3v) is 3.82. The fourth-order valence-corrected chi connectivity index (χ4v) is 2.70. The zero-order chi connectivity index (χ0) is 16.2. The molecule has 0 bridgehead atoms. The Balaban J connectivity index is 2.17. The Morgan fingerprint density at radius 2 is 1.43 bits per heavy atom. The predicted molar refractivity (Wildman–Crippen MR) is 94.4 cm³/mol. The van der Waals surface area contributed by atoms with Gasteiger partial charge in [0.05, 0.1) is 5.56 Å². The van der Waals surface area contributed by atoms with Crippen LogP contribution in [0.1, 0.15) is 15.9 Å². The van der Waals surface area contributed by atoms with Crippen LogP contribution >= 0.6 is 0 Å². The van der Waals surface area contributed by atoms with Crippen molar-refractivity contribution in [1.82, 2.24) is 0 Å². The fraction of sp³-hybridized carbons (Fsp3) is 0. The smallest absolute Gasteiger partial charge is 0.336 e. The van der Waals surface area contributed by atoms with E-state index in [-0.39, 0.29) is 5.56 Å². The van der Waals surface area contributed by atoms with Crippen LogP contribution in [0.4, 0.5) is 0 Å². The van der Waals surface area contributed by atoms with E-state index in [1.54, 1.807) is 12.1 Å². The summed E-state index contributed by atoms with van der Waals surface area (Å²) in [5.74, 6) is -0.942. The predicted octanol–water partition coefficient (Wildman–Crippen LogP) is 5.36. The number of rotatable bonds is 4. The SMILES string of the molecule is C=Cc1cc(-c2ccccc2-c2ccccc2)ccc1C(=O)O. The molecule has 0 radical (unpaired) electrons. The Morgan fingerprint density at radius 3 is 2.04 bits per heavy atom. The molecule has 23 heavy (non-hydrogen) atoms. The summed E-state index contributed by atoms with van der Waals surface area (Å²) in [5.41, 5.74) is 5.18. The van der Waals surface area contributed by atoms with Crippen LogP contribution in [0.2, 0.25) is 0 Å². The summed E-state index contributed by atoms with van der Waals surface area (Å²) in [5, 5.41) is 9.24. The van der Waals surface area contributed by atoms with Gasteiger partial charge in [0.2, 0.25) is 0 Å². The average Bonchev–Trinajstić information content (AvgIpc) is 2.61. The highest BCUT2D eigenvalue weighted by Gasteiger charge is 2.11. The van der Waals surface area contributed by atoms with Crippen molar-refractivity contribution in [2.75, 3.05) is 0 Å². The summed E-state index contributed by atoms with van der Waals surface area (Å²) >= 11 is 0. The van der Waals surface area contributed by atoms with Crippen molar-refractivity contribution in [1.29, 1.82) is 0 Å². The number of benzene rings is 3. The lowest BCUT2D eigenvalue weighted by atomic mass is 9.92. The van der Waals surface area contributed by atoms with Crippen LogP contribution in [0.3, 0.4) is 0 Å². The fourth-order valence-electron chi connectivity index (χ4n) is 2.70. The van der Waals surface area contributed by atoms with Gasteiger partial charge in [0.25, 0.3) is 0 Å². The molecule has 0 aromatic heterocycles. The van der Waals surface area contributed by atoms with Gasteiger partial charge >= 0.3 is 5.97 Å². The third kappa shape index (κ3) is 2.92. The summed E-state index contributed by atoms with van der Waals surface area (Å²) in [7, 11) is 0. The van der Waals surface area contributed by atoms with Crippen molar-refractivity contribution in [2.45, 2.75) is 0 Å². The molecule has 2 heteroatoms. The van der Waals surface area contributed by atoms with E-state index in [1.165, 1.54) is 0 Å². The number of carboxylic acid groups (broad SMARTS) is 1. The molecule has 0 fully saturated rings. The van der Waals surface area contributed by atoms with Gasteiger partial charge in [0, 0.05) is 0 Å². The number of aromatic carboxylic acids is 1. The maximum atomic E-state index is 11.3. The molecule has 0 aliphatic rings. The van der Waals surface area contributed by atoms with Gasteiger partial charge in [0.15, 0.2) is 0 Å². The maximum absolute atomic E-state index is 11.3. The molecule has 0 heterocycles. The van der Waals surface area contributed by atoms with E-state index in [2.05, 4.69) is 24.8 Å². The Morgan fingerprint density at radius 1 is 0.826 bits per heavy atom. The Kier molecular flexibility index (Phi) is 4.07. The van der Waals surface area contributed by atoms with Crippen LogP contribution in [0.25, 0.3) is 28.3 Å². The van der Waals surface area contributed by atoms with Gasteiger partial charge in [-0.15, -0.1) is 0 Å². The molecule has 0 saturated heterocycles. The van der Waals surface area contributed by atoms with Crippen molar-refractivity contribution >= 4 is 12.0 Å². The maximum Gasteiger partial charge on any atom is 0.336 e. The molecule has 0 spiro atoms. The molecule has 3 aromatic carbocycles. The van der Waals surface area contributed by atoms with E-state index < -0.39 is 5.97 Å². The minimum Gasteiger partial charge on any atom is -0.478 e. The van der Waals surface area contributed by atoms with Crippen LogP contribution in [0, 0.1) is 0 Å². The topological polar surface area (TPSA) is 37.3 Å². The van der Waals surface area contributed by atoms with Gasteiger partial charge in [-0.1, -0.05) is 73.3 Å². The standard InChI is InChI=1S/C21H16O2/c1-2-15-14-17(12-13-20(15)21(22)23)19-11-7-6-10-18(19)16-8-4-3-5-9-16/h2-14H,1H2,(H,22,23). The first-order valence-corrected chi connectivity index (χ1v) is 7.35. The summed E-state index contributed by atoms with van der Waals surface area (Å²) in [6.45, 7) is 3.73. The first kappa shape index (κ1) is 14.8. The van der Waals surface area contributed by atoms with Crippen molar-refractivity contribution in [3.05, 3.63) is 90.5 Å². The number of hydrogen-bond acceptors (Lipinski definition) is 1. The van der Waals surface area contributed by atoms with E-state index >= 15 is 0 Å². The monoisotopic (exact) mass is 300 g/mol. The molecule has 0 aliphatic heterocycles. The largest absolute Gasteiger partial charge is 0.478 e. The van der Waals surface area contributed by atoms with Crippen LogP contribution < -0.4 is 0 Å². The number of carboxylic acids is 1. The molecular formula is C21H16O2. The van der Waals surface area contributed by atoms with Gasteiger partial charge in [0.1, 0.15) is 0 Å². The van der Waals surface area contributed by atoms with Gasteiger partial charge < -0.3 is 5.11 Å². The first-order chi connectivity index (χ1) is 11.2. The van der Waals surface area contributed by atoms with E-state index in [4.69, 9.17) is 0 Å². The van der Waals surface area contributed by atoms with Crippen LogP contribution in [-0.4, -0.2) is 11.1 Å². The van der Waals surface area contributed by atoms with Gasteiger partial charge in [-0.25, -0.2) is 4.79 Å². The van der Waals surface area contributed by atoms with Crippen molar-refractivity contribution in [3.8, 4) is 22.3 Å². The molecule has 0 unspecified atom stereocenters. The van der Waals surface area contributed by atoms with Crippen LogP contribution in [0.15, 0.2) is 79.4 Å². The summed E-state index contributed by atoms with van der Waals surface area (Å²) < 4.78 is 0. The van der Waals surface area contributed by atoms with E-state index in [9.17, 15) is 9.90 Å². The van der Waals surface area contributed by atoms with Crippen LogP contribution in [-0.2, 0) is 0 Å². The second kappa shape index (κ2) is 6.32. The van der Waals surface area contributed by atoms with Gasteiger partial charge in [-0.2, -0.15) is 0 Å². The Hall–Kier alpha value is -3.13. The molecule has 0 atom stereocenters. The Bertz CT molecular complexity index is 864. The minimum absolute atomic E-state index is 0.265. The molecule has 0 aliphatic carbocycles. The normalized spacial score (nSPS) is 10.3.